The van der Waals surface area contributed by atoms with Crippen molar-refractivity contribution in [1.82, 2.24) is 15.0 Å². The van der Waals surface area contributed by atoms with E-state index in [-0.39, 0.29) is 0 Å². The van der Waals surface area contributed by atoms with Crippen LogP contribution in [0.3, 0.4) is 0 Å². The maximum atomic E-state index is 6.26. The SMILES string of the molecule is Cc1nc(Oc2cccc3cccnc23)c2c3c(sc2n1)CCC3. The second kappa shape index (κ2) is 5.24. The van der Waals surface area contributed by atoms with Crippen molar-refractivity contribution >= 4 is 32.5 Å². The van der Waals surface area contributed by atoms with E-state index in [2.05, 4.69) is 15.0 Å². The number of rotatable bonds is 2. The molecule has 5 rings (SSSR count). The van der Waals surface area contributed by atoms with Crippen LogP contribution in [0, 0.1) is 6.92 Å². The number of thiophene rings is 1. The predicted molar refractivity (Wildman–Crippen MR) is 96.0 cm³/mol. The minimum Gasteiger partial charge on any atom is -0.436 e. The number of aryl methyl sites for hydroxylation is 3. The largest absolute Gasteiger partial charge is 0.436 e. The molecule has 4 nitrogen and oxygen atoms in total. The molecule has 0 N–H and O–H groups in total. The summed E-state index contributed by atoms with van der Waals surface area (Å²) in [6.07, 6.45) is 5.23. The van der Waals surface area contributed by atoms with E-state index in [4.69, 9.17) is 4.74 Å². The Hall–Kier alpha value is -2.53. The summed E-state index contributed by atoms with van der Waals surface area (Å²) in [6.45, 7) is 1.92. The van der Waals surface area contributed by atoms with Crippen LogP contribution >= 0.6 is 11.3 Å². The van der Waals surface area contributed by atoms with Gasteiger partial charge in [0.15, 0.2) is 5.75 Å². The average Bonchev–Trinajstić information content (AvgIpc) is 3.15. The van der Waals surface area contributed by atoms with Crippen molar-refractivity contribution in [2.24, 2.45) is 0 Å². The smallest absolute Gasteiger partial charge is 0.231 e. The third kappa shape index (κ3) is 2.08. The molecule has 0 fully saturated rings. The minimum atomic E-state index is 0.662. The maximum absolute atomic E-state index is 6.26. The zero-order chi connectivity index (χ0) is 16.1. The van der Waals surface area contributed by atoms with Gasteiger partial charge in [0.1, 0.15) is 16.2 Å². The quantitative estimate of drug-likeness (QED) is 0.527. The molecule has 0 saturated carbocycles. The molecule has 3 heterocycles. The first-order valence-corrected chi connectivity index (χ1v) is 8.92. The van der Waals surface area contributed by atoms with E-state index in [1.165, 1.54) is 16.9 Å². The Morgan fingerprint density at radius 3 is 2.96 bits per heavy atom. The summed E-state index contributed by atoms with van der Waals surface area (Å²) >= 11 is 1.78. The molecule has 0 spiro atoms. The van der Waals surface area contributed by atoms with Crippen LogP contribution in [-0.4, -0.2) is 15.0 Å². The zero-order valence-corrected chi connectivity index (χ0v) is 14.1. The molecular weight excluding hydrogens is 318 g/mol. The first-order valence-electron chi connectivity index (χ1n) is 8.10. The van der Waals surface area contributed by atoms with Gasteiger partial charge in [-0.3, -0.25) is 4.98 Å². The van der Waals surface area contributed by atoms with Crippen LogP contribution < -0.4 is 4.74 Å². The van der Waals surface area contributed by atoms with Crippen LogP contribution in [0.1, 0.15) is 22.7 Å². The van der Waals surface area contributed by atoms with Gasteiger partial charge >= 0.3 is 0 Å². The number of hydrogen-bond acceptors (Lipinski definition) is 5. The Labute approximate surface area is 143 Å². The van der Waals surface area contributed by atoms with Crippen molar-refractivity contribution in [3.05, 3.63) is 52.8 Å². The van der Waals surface area contributed by atoms with Crippen molar-refractivity contribution in [1.29, 1.82) is 0 Å². The molecule has 1 aromatic carbocycles. The zero-order valence-electron chi connectivity index (χ0n) is 13.2. The summed E-state index contributed by atoms with van der Waals surface area (Å²) < 4.78 is 6.26. The van der Waals surface area contributed by atoms with Gasteiger partial charge in [-0.2, -0.15) is 4.98 Å². The molecule has 0 radical (unpaired) electrons. The summed E-state index contributed by atoms with van der Waals surface area (Å²) in [6, 6.07) is 9.95. The molecule has 1 aliphatic carbocycles. The Balaban J connectivity index is 1.72. The van der Waals surface area contributed by atoms with Gasteiger partial charge in [-0.25, -0.2) is 4.98 Å². The van der Waals surface area contributed by atoms with Gasteiger partial charge in [0, 0.05) is 16.5 Å². The van der Waals surface area contributed by atoms with Crippen LogP contribution in [0.25, 0.3) is 21.1 Å². The molecule has 3 aromatic heterocycles. The lowest BCUT2D eigenvalue weighted by atomic mass is 10.2. The normalized spacial score (nSPS) is 13.5. The minimum absolute atomic E-state index is 0.662. The molecule has 5 heteroatoms. The molecule has 118 valence electrons. The lowest BCUT2D eigenvalue weighted by Crippen LogP contribution is -1.96. The second-order valence-electron chi connectivity index (χ2n) is 6.05. The predicted octanol–water partition coefficient (Wildman–Crippen LogP) is 4.83. The molecule has 0 aliphatic heterocycles. The molecule has 1 aliphatic rings. The summed E-state index contributed by atoms with van der Waals surface area (Å²) in [5.41, 5.74) is 2.23. The first kappa shape index (κ1) is 13.9. The fourth-order valence-corrected chi connectivity index (χ4v) is 4.70. The number of benzene rings is 1. The third-order valence-electron chi connectivity index (χ3n) is 4.45. The summed E-state index contributed by atoms with van der Waals surface area (Å²) in [4.78, 5) is 16.2. The monoisotopic (exact) mass is 333 g/mol. The average molecular weight is 333 g/mol. The Morgan fingerprint density at radius 2 is 2.00 bits per heavy atom. The molecule has 0 bridgehead atoms. The number of ether oxygens (including phenoxy) is 1. The van der Waals surface area contributed by atoms with E-state index in [0.29, 0.717) is 5.88 Å². The van der Waals surface area contributed by atoms with E-state index >= 15 is 0 Å². The highest BCUT2D eigenvalue weighted by molar-refractivity contribution is 7.19. The van der Waals surface area contributed by atoms with Gasteiger partial charge in [-0.1, -0.05) is 18.2 Å². The van der Waals surface area contributed by atoms with Gasteiger partial charge in [-0.15, -0.1) is 11.3 Å². The van der Waals surface area contributed by atoms with Crippen molar-refractivity contribution < 1.29 is 4.74 Å². The Kier molecular flexibility index (Phi) is 3.03. The molecule has 24 heavy (non-hydrogen) atoms. The molecule has 0 amide bonds. The number of hydrogen-bond donors (Lipinski definition) is 0. The highest BCUT2D eigenvalue weighted by atomic mass is 32.1. The lowest BCUT2D eigenvalue weighted by Gasteiger charge is -2.09. The number of nitrogens with zero attached hydrogens (tertiary/aromatic N) is 3. The molecule has 0 unspecified atom stereocenters. The highest BCUT2D eigenvalue weighted by Gasteiger charge is 2.23. The Bertz CT molecular complexity index is 1080. The van der Waals surface area contributed by atoms with Crippen LogP contribution in [0.2, 0.25) is 0 Å². The summed E-state index contributed by atoms with van der Waals surface area (Å²) in [7, 11) is 0. The van der Waals surface area contributed by atoms with Crippen molar-refractivity contribution in [3.63, 3.8) is 0 Å². The topological polar surface area (TPSA) is 47.9 Å². The molecule has 0 saturated heterocycles. The Morgan fingerprint density at radius 1 is 1.08 bits per heavy atom. The molecular formula is C19H15N3OS. The van der Waals surface area contributed by atoms with Crippen LogP contribution in [-0.2, 0) is 12.8 Å². The third-order valence-corrected chi connectivity index (χ3v) is 5.63. The van der Waals surface area contributed by atoms with Gasteiger partial charge < -0.3 is 4.74 Å². The lowest BCUT2D eigenvalue weighted by molar-refractivity contribution is 0.471. The summed E-state index contributed by atoms with van der Waals surface area (Å²) in [5, 5.41) is 2.15. The van der Waals surface area contributed by atoms with E-state index in [9.17, 15) is 0 Å². The second-order valence-corrected chi connectivity index (χ2v) is 7.13. The van der Waals surface area contributed by atoms with Gasteiger partial charge in [0.2, 0.25) is 5.88 Å². The fourth-order valence-electron chi connectivity index (χ4n) is 3.40. The van der Waals surface area contributed by atoms with Crippen molar-refractivity contribution in [2.75, 3.05) is 0 Å². The number of para-hydroxylation sites is 1. The van der Waals surface area contributed by atoms with Crippen LogP contribution in [0.15, 0.2) is 36.5 Å². The molecule has 4 aromatic rings. The number of aromatic nitrogens is 3. The van der Waals surface area contributed by atoms with Crippen molar-refractivity contribution in [3.8, 4) is 11.6 Å². The fraction of sp³-hybridized carbons (Fsp3) is 0.211. The van der Waals surface area contributed by atoms with Gasteiger partial charge in [0.25, 0.3) is 0 Å². The molecule has 0 atom stereocenters. The van der Waals surface area contributed by atoms with Crippen LogP contribution in [0.4, 0.5) is 0 Å². The summed E-state index contributed by atoms with van der Waals surface area (Å²) in [5.74, 6) is 2.14. The standard InChI is InChI=1S/C19H15N3OS/c1-11-21-18(16-13-7-3-9-15(13)24-19(16)22-11)23-14-8-2-5-12-6-4-10-20-17(12)14/h2,4-6,8,10H,3,7,9H2,1H3. The van der Waals surface area contributed by atoms with Gasteiger partial charge in [-0.05, 0) is 43.9 Å². The van der Waals surface area contributed by atoms with E-state index in [1.54, 1.807) is 17.5 Å². The maximum Gasteiger partial charge on any atom is 0.231 e. The van der Waals surface area contributed by atoms with E-state index in [1.807, 2.05) is 37.3 Å². The van der Waals surface area contributed by atoms with Gasteiger partial charge in [0.05, 0.1) is 5.39 Å². The van der Waals surface area contributed by atoms with Crippen LogP contribution in [0.5, 0.6) is 11.6 Å². The highest BCUT2D eigenvalue weighted by Crippen LogP contribution is 2.42. The number of fused-ring (bicyclic) bond motifs is 4. The van der Waals surface area contributed by atoms with Crippen molar-refractivity contribution in [2.45, 2.75) is 26.2 Å². The van der Waals surface area contributed by atoms with E-state index in [0.717, 1.165) is 45.5 Å². The number of pyridine rings is 1. The first-order chi connectivity index (χ1) is 11.8. The van der Waals surface area contributed by atoms with E-state index < -0.39 is 0 Å².